The molecule has 142 valence electrons. The highest BCUT2D eigenvalue weighted by Crippen LogP contribution is 2.38. The first-order valence-electron chi connectivity index (χ1n) is 10.6. The van der Waals surface area contributed by atoms with Crippen molar-refractivity contribution in [3.63, 3.8) is 0 Å². The van der Waals surface area contributed by atoms with E-state index in [-0.39, 0.29) is 22.3 Å². The standard InChI is InChI=1S/C23H34NO2/c1-19-10-9-17-24(19,18-25)23(26)22(21-14-6-7-15-21)16-8-5-13-20-11-3-2-4-12-20/h2-4,11-12,18-19,21-22H,5-10,13-17H2,1H3/q+1/t19-,22?,24?/m1/s1. The molecule has 1 aliphatic heterocycles. The van der Waals surface area contributed by atoms with Gasteiger partial charge in [0.2, 0.25) is 0 Å². The van der Waals surface area contributed by atoms with Crippen LogP contribution in [0.15, 0.2) is 30.3 Å². The summed E-state index contributed by atoms with van der Waals surface area (Å²) in [4.78, 5) is 25.5. The van der Waals surface area contributed by atoms with Crippen molar-refractivity contribution in [3.05, 3.63) is 35.9 Å². The van der Waals surface area contributed by atoms with E-state index in [0.717, 1.165) is 51.5 Å². The minimum atomic E-state index is 0.0824. The van der Waals surface area contributed by atoms with Crippen molar-refractivity contribution < 1.29 is 14.1 Å². The zero-order valence-corrected chi connectivity index (χ0v) is 16.2. The van der Waals surface area contributed by atoms with E-state index in [0.29, 0.717) is 5.92 Å². The molecule has 0 aromatic heterocycles. The Morgan fingerprint density at radius 1 is 1.12 bits per heavy atom. The average molecular weight is 357 g/mol. The fourth-order valence-electron chi connectivity index (χ4n) is 5.20. The van der Waals surface area contributed by atoms with Crippen LogP contribution >= 0.6 is 0 Å². The molecule has 1 heterocycles. The first kappa shape index (κ1) is 19.3. The molecule has 2 aliphatic rings. The number of unbranched alkanes of at least 4 members (excludes halogenated alkanes) is 1. The van der Waals surface area contributed by atoms with Crippen LogP contribution in [-0.4, -0.2) is 29.4 Å². The van der Waals surface area contributed by atoms with Crippen molar-refractivity contribution in [1.29, 1.82) is 0 Å². The summed E-state index contributed by atoms with van der Waals surface area (Å²) in [6.07, 6.45) is 12.0. The van der Waals surface area contributed by atoms with Crippen molar-refractivity contribution in [2.24, 2.45) is 11.8 Å². The number of rotatable bonds is 8. The monoisotopic (exact) mass is 356 g/mol. The van der Waals surface area contributed by atoms with Gasteiger partial charge < -0.3 is 0 Å². The number of aryl methyl sites for hydroxylation is 1. The SMILES string of the molecule is C[C@@H]1CCC[N+]1(C=O)C(=O)C(CCCCc1ccccc1)C1CCCC1. The molecule has 1 saturated heterocycles. The molecule has 1 aromatic rings. The van der Waals surface area contributed by atoms with Crippen molar-refractivity contribution >= 4 is 12.3 Å². The van der Waals surface area contributed by atoms with Crippen molar-refractivity contribution in [2.75, 3.05) is 6.54 Å². The quantitative estimate of drug-likeness (QED) is 0.378. The molecular weight excluding hydrogens is 322 g/mol. The van der Waals surface area contributed by atoms with Gasteiger partial charge in [0.1, 0.15) is 6.04 Å². The van der Waals surface area contributed by atoms with Crippen LogP contribution in [0.1, 0.15) is 70.3 Å². The number of carbonyl (C=O) groups excluding carboxylic acids is 2. The molecule has 26 heavy (non-hydrogen) atoms. The largest absolute Gasteiger partial charge is 0.324 e. The maximum atomic E-state index is 13.5. The lowest BCUT2D eigenvalue weighted by Gasteiger charge is -2.34. The van der Waals surface area contributed by atoms with Crippen LogP contribution in [-0.2, 0) is 16.0 Å². The predicted octanol–water partition coefficient (Wildman–Crippen LogP) is 4.89. The lowest BCUT2D eigenvalue weighted by Crippen LogP contribution is -2.57. The number of hydrogen-bond donors (Lipinski definition) is 0. The van der Waals surface area contributed by atoms with Crippen LogP contribution in [0.4, 0.5) is 0 Å². The molecular formula is C23H34NO2+. The number of hydrogen-bond acceptors (Lipinski definition) is 2. The smallest absolute Gasteiger partial charge is 0.233 e. The van der Waals surface area contributed by atoms with Gasteiger partial charge in [0.05, 0.1) is 12.5 Å². The number of imide groups is 1. The summed E-state index contributed by atoms with van der Waals surface area (Å²) >= 11 is 0. The molecule has 3 rings (SSSR count). The third-order valence-corrected chi connectivity index (χ3v) is 6.89. The lowest BCUT2D eigenvalue weighted by atomic mass is 9.84. The summed E-state index contributed by atoms with van der Waals surface area (Å²) < 4.78 is 0.0971. The second-order valence-corrected chi connectivity index (χ2v) is 8.47. The number of benzene rings is 1. The molecule has 3 atom stereocenters. The van der Waals surface area contributed by atoms with E-state index in [2.05, 4.69) is 37.3 Å². The minimum Gasteiger partial charge on any atom is -0.233 e. The molecule has 3 nitrogen and oxygen atoms in total. The van der Waals surface area contributed by atoms with E-state index in [1.54, 1.807) is 0 Å². The van der Waals surface area contributed by atoms with Crippen molar-refractivity contribution in [3.8, 4) is 0 Å². The fraction of sp³-hybridized carbons (Fsp3) is 0.652. The van der Waals surface area contributed by atoms with Gasteiger partial charge in [-0.1, -0.05) is 49.6 Å². The van der Waals surface area contributed by atoms with Gasteiger partial charge in [-0.2, -0.15) is 4.48 Å². The maximum Gasteiger partial charge on any atom is 0.324 e. The summed E-state index contributed by atoms with van der Waals surface area (Å²) in [5, 5.41) is 0. The van der Waals surface area contributed by atoms with Crippen LogP contribution in [0.2, 0.25) is 0 Å². The third kappa shape index (κ3) is 4.09. The number of nitrogens with zero attached hydrogens (tertiary/aromatic N) is 1. The van der Waals surface area contributed by atoms with Gasteiger partial charge in [-0.15, -0.1) is 0 Å². The topological polar surface area (TPSA) is 34.1 Å². The van der Waals surface area contributed by atoms with Gasteiger partial charge in [0.15, 0.2) is 0 Å². The maximum absolute atomic E-state index is 13.5. The van der Waals surface area contributed by atoms with Crippen molar-refractivity contribution in [2.45, 2.75) is 77.2 Å². The second kappa shape index (κ2) is 8.94. The molecule has 0 spiro atoms. The molecule has 3 heteroatoms. The Morgan fingerprint density at radius 3 is 2.46 bits per heavy atom. The Kier molecular flexibility index (Phi) is 6.63. The van der Waals surface area contributed by atoms with Crippen LogP contribution < -0.4 is 0 Å². The molecule has 0 radical (unpaired) electrons. The van der Waals surface area contributed by atoms with E-state index in [4.69, 9.17) is 0 Å². The fourth-order valence-corrected chi connectivity index (χ4v) is 5.20. The summed E-state index contributed by atoms with van der Waals surface area (Å²) in [7, 11) is 0. The number of carbonyl (C=O) groups is 2. The summed E-state index contributed by atoms with van der Waals surface area (Å²) in [5.74, 6) is 0.817. The van der Waals surface area contributed by atoms with Crippen LogP contribution in [0.5, 0.6) is 0 Å². The van der Waals surface area contributed by atoms with E-state index in [9.17, 15) is 9.59 Å². The van der Waals surface area contributed by atoms with E-state index < -0.39 is 0 Å². The Hall–Kier alpha value is -1.48. The zero-order chi connectivity index (χ0) is 18.4. The number of quaternary nitrogens is 1. The summed E-state index contributed by atoms with van der Waals surface area (Å²) in [6.45, 7) is 2.80. The molecule has 1 aromatic carbocycles. The van der Waals surface area contributed by atoms with Crippen molar-refractivity contribution in [1.82, 2.24) is 0 Å². The van der Waals surface area contributed by atoms with Gasteiger partial charge >= 0.3 is 12.3 Å². The zero-order valence-electron chi connectivity index (χ0n) is 16.2. The van der Waals surface area contributed by atoms with Gasteiger partial charge in [-0.05, 0) is 50.5 Å². The molecule has 0 N–H and O–H groups in total. The third-order valence-electron chi connectivity index (χ3n) is 6.89. The Morgan fingerprint density at radius 2 is 1.85 bits per heavy atom. The highest BCUT2D eigenvalue weighted by molar-refractivity contribution is 5.79. The van der Waals surface area contributed by atoms with Gasteiger partial charge in [0, 0.05) is 12.8 Å². The van der Waals surface area contributed by atoms with E-state index >= 15 is 0 Å². The number of likely N-dealkylation sites (tertiary alicyclic amines) is 1. The molecule has 2 fully saturated rings. The average Bonchev–Trinajstić information content (AvgIpc) is 3.32. The van der Waals surface area contributed by atoms with Gasteiger partial charge in [0.25, 0.3) is 0 Å². The Balaban J connectivity index is 1.63. The first-order chi connectivity index (χ1) is 12.7. The molecule has 2 unspecified atom stereocenters. The van der Waals surface area contributed by atoms with Gasteiger partial charge in [-0.25, -0.2) is 9.59 Å². The summed E-state index contributed by atoms with van der Waals surface area (Å²) in [6, 6.07) is 10.8. The summed E-state index contributed by atoms with van der Waals surface area (Å²) in [5.41, 5.74) is 1.38. The van der Waals surface area contributed by atoms with E-state index in [1.165, 1.54) is 31.2 Å². The predicted molar refractivity (Wildman–Crippen MR) is 104 cm³/mol. The molecule has 1 aliphatic carbocycles. The van der Waals surface area contributed by atoms with Crippen LogP contribution in [0.3, 0.4) is 0 Å². The minimum absolute atomic E-state index is 0.0824. The molecule has 0 bridgehead atoms. The Bertz CT molecular complexity index is 593. The normalized spacial score (nSPS) is 27.5. The van der Waals surface area contributed by atoms with Gasteiger partial charge in [-0.3, -0.25) is 0 Å². The molecule has 2 amide bonds. The Labute approximate surface area is 158 Å². The molecule has 1 saturated carbocycles. The first-order valence-corrected chi connectivity index (χ1v) is 10.6. The highest BCUT2D eigenvalue weighted by Gasteiger charge is 2.50. The van der Waals surface area contributed by atoms with Crippen LogP contribution in [0, 0.1) is 11.8 Å². The van der Waals surface area contributed by atoms with E-state index in [1.807, 2.05) is 0 Å². The highest BCUT2D eigenvalue weighted by atomic mass is 16.2. The lowest BCUT2D eigenvalue weighted by molar-refractivity contribution is -0.782. The number of amides is 2. The van der Waals surface area contributed by atoms with Crippen LogP contribution in [0.25, 0.3) is 0 Å². The second-order valence-electron chi connectivity index (χ2n) is 8.47.